The number of nitrogens with one attached hydrogen (secondary N) is 1. The maximum atomic E-state index is 12.3. The number of nitrogens with zero attached hydrogens (tertiary/aromatic N) is 2. The highest BCUT2D eigenvalue weighted by molar-refractivity contribution is 5.86. The van der Waals surface area contributed by atoms with Crippen LogP contribution in [0.3, 0.4) is 0 Å². The van der Waals surface area contributed by atoms with Crippen molar-refractivity contribution in [2.45, 2.75) is 18.5 Å². The predicted octanol–water partition coefficient (Wildman–Crippen LogP) is 3.03. The monoisotopic (exact) mass is 305 g/mol. The number of carbonyl (C=O) groups is 1. The molecule has 0 radical (unpaired) electrons. The van der Waals surface area contributed by atoms with Gasteiger partial charge < -0.3 is 9.72 Å². The average molecular weight is 305 g/mol. The molecule has 0 bridgehead atoms. The van der Waals surface area contributed by atoms with Crippen molar-refractivity contribution in [3.63, 3.8) is 0 Å². The molecule has 0 saturated carbocycles. The number of carbonyl (C=O) groups excluding carboxylic acids is 1. The number of benzene rings is 1. The standard InChI is InChI=1S/C18H15N3O2/c22-18-21-12(10-23-18)8-14-13-5-1-2-6-15(13)20-16(14)17(21)11-4-3-7-19-9-11/h1-7,9,12,17,20H,8,10H2. The van der Waals surface area contributed by atoms with Gasteiger partial charge in [0.2, 0.25) is 0 Å². The predicted molar refractivity (Wildman–Crippen MR) is 85.1 cm³/mol. The summed E-state index contributed by atoms with van der Waals surface area (Å²) in [4.78, 5) is 21.9. The summed E-state index contributed by atoms with van der Waals surface area (Å²) in [5.74, 6) is 0. The fourth-order valence-corrected chi connectivity index (χ4v) is 3.86. The summed E-state index contributed by atoms with van der Waals surface area (Å²) in [5.41, 5.74) is 4.48. The van der Waals surface area contributed by atoms with E-state index >= 15 is 0 Å². The lowest BCUT2D eigenvalue weighted by molar-refractivity contribution is 0.147. The Morgan fingerprint density at radius 2 is 2.13 bits per heavy atom. The number of pyridine rings is 1. The molecule has 5 heteroatoms. The molecule has 1 saturated heterocycles. The van der Waals surface area contributed by atoms with Crippen LogP contribution in [-0.2, 0) is 11.2 Å². The van der Waals surface area contributed by atoms with Crippen LogP contribution in [0.2, 0.25) is 0 Å². The number of rotatable bonds is 1. The van der Waals surface area contributed by atoms with Crippen LogP contribution in [0.25, 0.3) is 10.9 Å². The van der Waals surface area contributed by atoms with Gasteiger partial charge in [0.1, 0.15) is 12.6 Å². The van der Waals surface area contributed by atoms with E-state index in [4.69, 9.17) is 4.74 Å². The summed E-state index contributed by atoms with van der Waals surface area (Å²) < 4.78 is 5.32. The Labute approximate surface area is 132 Å². The van der Waals surface area contributed by atoms with E-state index in [1.54, 1.807) is 6.20 Å². The van der Waals surface area contributed by atoms with E-state index in [-0.39, 0.29) is 18.2 Å². The van der Waals surface area contributed by atoms with Crippen molar-refractivity contribution < 1.29 is 9.53 Å². The second-order valence-electron chi connectivity index (χ2n) is 6.09. The third kappa shape index (κ3) is 1.73. The van der Waals surface area contributed by atoms with Crippen LogP contribution in [0.4, 0.5) is 4.79 Å². The molecule has 1 amide bonds. The largest absolute Gasteiger partial charge is 0.447 e. The molecule has 3 aromatic rings. The highest BCUT2D eigenvalue weighted by Crippen LogP contribution is 2.42. The lowest BCUT2D eigenvalue weighted by Gasteiger charge is -2.35. The molecule has 5 rings (SSSR count). The number of cyclic esters (lactones) is 1. The zero-order valence-electron chi connectivity index (χ0n) is 12.4. The molecular formula is C18H15N3O2. The maximum absolute atomic E-state index is 12.3. The molecule has 0 aliphatic carbocycles. The van der Waals surface area contributed by atoms with Crippen LogP contribution < -0.4 is 0 Å². The zero-order chi connectivity index (χ0) is 15.4. The molecule has 114 valence electrons. The van der Waals surface area contributed by atoms with Crippen LogP contribution in [0.5, 0.6) is 0 Å². The van der Waals surface area contributed by atoms with Crippen molar-refractivity contribution in [2.75, 3.05) is 6.61 Å². The van der Waals surface area contributed by atoms with Crippen LogP contribution >= 0.6 is 0 Å². The van der Waals surface area contributed by atoms with Gasteiger partial charge in [-0.05, 0) is 29.7 Å². The van der Waals surface area contributed by atoms with E-state index in [2.05, 4.69) is 28.2 Å². The third-order valence-corrected chi connectivity index (χ3v) is 4.84. The summed E-state index contributed by atoms with van der Waals surface area (Å²) >= 11 is 0. The van der Waals surface area contributed by atoms with Gasteiger partial charge in [-0.15, -0.1) is 0 Å². The quantitative estimate of drug-likeness (QED) is 0.752. The van der Waals surface area contributed by atoms with E-state index in [1.165, 1.54) is 10.9 Å². The number of ether oxygens (including phenoxy) is 1. The molecule has 2 aliphatic heterocycles. The first-order chi connectivity index (χ1) is 11.3. The number of H-pyrrole nitrogens is 1. The minimum absolute atomic E-state index is 0.0828. The van der Waals surface area contributed by atoms with Gasteiger partial charge in [0.25, 0.3) is 0 Å². The first-order valence-electron chi connectivity index (χ1n) is 7.77. The number of hydrogen-bond donors (Lipinski definition) is 1. The number of aromatic amines is 1. The Morgan fingerprint density at radius 3 is 3.00 bits per heavy atom. The van der Waals surface area contributed by atoms with E-state index in [0.717, 1.165) is 23.2 Å². The summed E-state index contributed by atoms with van der Waals surface area (Å²) in [7, 11) is 0. The minimum atomic E-state index is -0.242. The Balaban J connectivity index is 1.78. The fourth-order valence-electron chi connectivity index (χ4n) is 3.86. The zero-order valence-corrected chi connectivity index (χ0v) is 12.4. The second-order valence-corrected chi connectivity index (χ2v) is 6.09. The Bertz CT molecular complexity index is 903. The van der Waals surface area contributed by atoms with Gasteiger partial charge >= 0.3 is 6.09 Å². The summed E-state index contributed by atoms with van der Waals surface area (Å²) in [6, 6.07) is 12.1. The topological polar surface area (TPSA) is 58.2 Å². The molecule has 2 atom stereocenters. The summed E-state index contributed by atoms with van der Waals surface area (Å²) in [6.45, 7) is 0.453. The van der Waals surface area contributed by atoms with Gasteiger partial charge in [-0.25, -0.2) is 4.79 Å². The van der Waals surface area contributed by atoms with Crippen molar-refractivity contribution in [1.29, 1.82) is 0 Å². The average Bonchev–Trinajstić information content (AvgIpc) is 3.15. The van der Waals surface area contributed by atoms with Gasteiger partial charge in [0.05, 0.1) is 6.04 Å². The van der Waals surface area contributed by atoms with Gasteiger partial charge in [-0.2, -0.15) is 0 Å². The molecular weight excluding hydrogens is 290 g/mol. The molecule has 23 heavy (non-hydrogen) atoms. The van der Waals surface area contributed by atoms with Crippen molar-refractivity contribution in [3.8, 4) is 0 Å². The molecule has 0 spiro atoms. The van der Waals surface area contributed by atoms with Crippen molar-refractivity contribution in [1.82, 2.24) is 14.9 Å². The number of aromatic nitrogens is 2. The fraction of sp³-hybridized carbons (Fsp3) is 0.222. The number of para-hydroxylation sites is 1. The van der Waals surface area contributed by atoms with Crippen molar-refractivity contribution in [3.05, 3.63) is 65.6 Å². The van der Waals surface area contributed by atoms with Crippen molar-refractivity contribution in [2.24, 2.45) is 0 Å². The van der Waals surface area contributed by atoms with Crippen LogP contribution in [-0.4, -0.2) is 33.6 Å². The number of hydrogen-bond acceptors (Lipinski definition) is 3. The smallest absolute Gasteiger partial charge is 0.411 e. The minimum Gasteiger partial charge on any atom is -0.447 e. The third-order valence-electron chi connectivity index (χ3n) is 4.84. The maximum Gasteiger partial charge on any atom is 0.411 e. The van der Waals surface area contributed by atoms with Crippen LogP contribution in [0.1, 0.15) is 22.9 Å². The van der Waals surface area contributed by atoms with Gasteiger partial charge in [-0.1, -0.05) is 24.3 Å². The lowest BCUT2D eigenvalue weighted by atomic mass is 9.90. The molecule has 2 aromatic heterocycles. The normalized spacial score (nSPS) is 22.8. The van der Waals surface area contributed by atoms with E-state index < -0.39 is 0 Å². The van der Waals surface area contributed by atoms with Crippen molar-refractivity contribution >= 4 is 17.0 Å². The number of fused-ring (bicyclic) bond motifs is 4. The van der Waals surface area contributed by atoms with Gasteiger partial charge in [0.15, 0.2) is 0 Å². The Kier molecular flexibility index (Phi) is 2.53. The van der Waals surface area contributed by atoms with E-state index in [9.17, 15) is 4.79 Å². The van der Waals surface area contributed by atoms with Crippen LogP contribution in [0.15, 0.2) is 48.8 Å². The first kappa shape index (κ1) is 12.7. The molecule has 1 aromatic carbocycles. The lowest BCUT2D eigenvalue weighted by Crippen LogP contribution is -2.42. The Hall–Kier alpha value is -2.82. The highest BCUT2D eigenvalue weighted by atomic mass is 16.6. The molecule has 4 heterocycles. The molecule has 2 unspecified atom stereocenters. The number of amides is 1. The molecule has 1 N–H and O–H groups in total. The molecule has 1 fully saturated rings. The van der Waals surface area contributed by atoms with E-state index in [1.807, 2.05) is 29.3 Å². The Morgan fingerprint density at radius 1 is 1.22 bits per heavy atom. The van der Waals surface area contributed by atoms with E-state index in [0.29, 0.717) is 6.61 Å². The molecule has 2 aliphatic rings. The molecule has 5 nitrogen and oxygen atoms in total. The second kappa shape index (κ2) is 4.59. The van der Waals surface area contributed by atoms with Crippen LogP contribution in [0, 0.1) is 0 Å². The highest BCUT2D eigenvalue weighted by Gasteiger charge is 2.45. The summed E-state index contributed by atoms with van der Waals surface area (Å²) in [5, 5.41) is 1.23. The van der Waals surface area contributed by atoms with Gasteiger partial charge in [0, 0.05) is 29.0 Å². The SMILES string of the molecule is O=C1OCC2Cc3c([nH]c4ccccc34)C(c3cccnc3)N12. The summed E-state index contributed by atoms with van der Waals surface area (Å²) in [6.07, 6.45) is 4.15. The van der Waals surface area contributed by atoms with Gasteiger partial charge in [-0.3, -0.25) is 9.88 Å². The first-order valence-corrected chi connectivity index (χ1v) is 7.77.